The van der Waals surface area contributed by atoms with E-state index < -0.39 is 0 Å². The van der Waals surface area contributed by atoms with Gasteiger partial charge in [-0.05, 0) is 38.6 Å². The van der Waals surface area contributed by atoms with Gasteiger partial charge < -0.3 is 10.1 Å². The molecule has 0 saturated carbocycles. The highest BCUT2D eigenvalue weighted by atomic mass is 16.5. The molecular weight excluding hydrogens is 210 g/mol. The fraction of sp³-hybridized carbons (Fsp3) is 0.867. The summed E-state index contributed by atoms with van der Waals surface area (Å²) in [6, 6.07) is 0.387. The average Bonchev–Trinajstić information content (AvgIpc) is 2.25. The van der Waals surface area contributed by atoms with Crippen molar-refractivity contribution in [2.75, 3.05) is 14.2 Å². The fourth-order valence-corrected chi connectivity index (χ4v) is 2.85. The number of nitrogens with one attached hydrogen (secondary N) is 1. The third-order valence-corrected chi connectivity index (χ3v) is 3.79. The topological polar surface area (TPSA) is 21.3 Å². The van der Waals surface area contributed by atoms with Crippen LogP contribution in [0.5, 0.6) is 0 Å². The lowest BCUT2D eigenvalue weighted by Gasteiger charge is -2.31. The zero-order valence-corrected chi connectivity index (χ0v) is 12.0. The standard InChI is InChI=1S/C15H29NO/c1-12(2)15(17-4)14(16-3)13-10-8-6-5-7-9-11-13/h10,12,14-16H,5-9,11H2,1-4H3. The Morgan fingerprint density at radius 3 is 2.47 bits per heavy atom. The normalized spacial score (nSPS) is 21.6. The lowest BCUT2D eigenvalue weighted by atomic mass is 9.88. The number of hydrogen-bond donors (Lipinski definition) is 1. The molecule has 100 valence electrons. The number of methoxy groups -OCH3 is 1. The van der Waals surface area contributed by atoms with E-state index >= 15 is 0 Å². The van der Waals surface area contributed by atoms with Crippen molar-refractivity contribution in [3.8, 4) is 0 Å². The first-order valence-electron chi connectivity index (χ1n) is 7.09. The summed E-state index contributed by atoms with van der Waals surface area (Å²) in [5, 5.41) is 3.46. The van der Waals surface area contributed by atoms with Gasteiger partial charge in [0.2, 0.25) is 0 Å². The van der Waals surface area contributed by atoms with Gasteiger partial charge in [0.25, 0.3) is 0 Å². The predicted octanol–water partition coefficient (Wildman–Crippen LogP) is 3.53. The molecule has 1 aliphatic carbocycles. The first kappa shape index (κ1) is 14.7. The van der Waals surface area contributed by atoms with Gasteiger partial charge in [0.1, 0.15) is 0 Å². The minimum Gasteiger partial charge on any atom is -0.379 e. The molecule has 2 unspecified atom stereocenters. The second-order valence-electron chi connectivity index (χ2n) is 5.44. The van der Waals surface area contributed by atoms with Crippen molar-refractivity contribution < 1.29 is 4.74 Å². The molecule has 0 spiro atoms. The minimum absolute atomic E-state index is 0.283. The van der Waals surface area contributed by atoms with Crippen LogP contribution in [0.3, 0.4) is 0 Å². The summed E-state index contributed by atoms with van der Waals surface area (Å²) in [5.41, 5.74) is 1.56. The maximum atomic E-state index is 5.69. The summed E-state index contributed by atoms with van der Waals surface area (Å²) in [5.74, 6) is 0.545. The molecule has 0 aromatic rings. The number of ether oxygens (including phenoxy) is 1. The van der Waals surface area contributed by atoms with Gasteiger partial charge in [-0.15, -0.1) is 0 Å². The second-order valence-corrected chi connectivity index (χ2v) is 5.44. The molecule has 0 bridgehead atoms. The summed E-state index contributed by atoms with van der Waals surface area (Å²) in [6.07, 6.45) is 10.7. The Bertz CT molecular complexity index is 235. The SMILES string of the molecule is CNC(C1=CCCCCCC1)C(OC)C(C)C. The third kappa shape index (κ3) is 4.44. The molecule has 0 saturated heterocycles. The van der Waals surface area contributed by atoms with E-state index in [1.165, 1.54) is 38.5 Å². The largest absolute Gasteiger partial charge is 0.379 e. The average molecular weight is 239 g/mol. The number of rotatable bonds is 5. The van der Waals surface area contributed by atoms with E-state index in [9.17, 15) is 0 Å². The Labute approximate surface area is 107 Å². The molecular formula is C15H29NO. The molecule has 0 aliphatic heterocycles. The lowest BCUT2D eigenvalue weighted by Crippen LogP contribution is -2.43. The van der Waals surface area contributed by atoms with Crippen molar-refractivity contribution in [3.05, 3.63) is 11.6 Å². The monoisotopic (exact) mass is 239 g/mol. The molecule has 0 heterocycles. The summed E-state index contributed by atoms with van der Waals surface area (Å²) in [4.78, 5) is 0. The molecule has 0 aromatic heterocycles. The van der Waals surface area contributed by atoms with Crippen LogP contribution in [-0.4, -0.2) is 26.3 Å². The van der Waals surface area contributed by atoms with E-state index in [1.54, 1.807) is 5.57 Å². The zero-order valence-electron chi connectivity index (χ0n) is 12.0. The van der Waals surface area contributed by atoms with Crippen molar-refractivity contribution in [3.63, 3.8) is 0 Å². The molecule has 17 heavy (non-hydrogen) atoms. The van der Waals surface area contributed by atoms with Gasteiger partial charge in [-0.1, -0.05) is 38.3 Å². The Morgan fingerprint density at radius 1 is 1.18 bits per heavy atom. The summed E-state index contributed by atoms with van der Waals surface area (Å²) in [6.45, 7) is 4.48. The van der Waals surface area contributed by atoms with Crippen LogP contribution in [0, 0.1) is 5.92 Å². The van der Waals surface area contributed by atoms with E-state index in [2.05, 4.69) is 32.3 Å². The van der Waals surface area contributed by atoms with E-state index in [0.717, 1.165) is 0 Å². The molecule has 0 amide bonds. The second kappa shape index (κ2) is 7.88. The maximum Gasteiger partial charge on any atom is 0.0785 e. The minimum atomic E-state index is 0.283. The highest BCUT2D eigenvalue weighted by molar-refractivity contribution is 5.14. The fourth-order valence-electron chi connectivity index (χ4n) is 2.85. The molecule has 1 N–H and O–H groups in total. The summed E-state index contributed by atoms with van der Waals surface area (Å²) in [7, 11) is 3.89. The van der Waals surface area contributed by atoms with Gasteiger partial charge in [0.05, 0.1) is 12.1 Å². The quantitative estimate of drug-likeness (QED) is 0.741. The molecule has 2 atom stereocenters. The van der Waals surface area contributed by atoms with Crippen LogP contribution in [-0.2, 0) is 4.74 Å². The third-order valence-electron chi connectivity index (χ3n) is 3.79. The van der Waals surface area contributed by atoms with Gasteiger partial charge in [-0.3, -0.25) is 0 Å². The number of hydrogen-bond acceptors (Lipinski definition) is 2. The van der Waals surface area contributed by atoms with E-state index in [0.29, 0.717) is 12.0 Å². The molecule has 1 aliphatic rings. The molecule has 0 fully saturated rings. The Balaban J connectivity index is 2.75. The van der Waals surface area contributed by atoms with Crippen LogP contribution in [0.1, 0.15) is 52.4 Å². The van der Waals surface area contributed by atoms with Crippen molar-refractivity contribution in [2.24, 2.45) is 5.92 Å². The Morgan fingerprint density at radius 2 is 1.88 bits per heavy atom. The van der Waals surface area contributed by atoms with Crippen molar-refractivity contribution in [2.45, 2.75) is 64.5 Å². The van der Waals surface area contributed by atoms with E-state index in [4.69, 9.17) is 4.74 Å². The van der Waals surface area contributed by atoms with Crippen LogP contribution in [0.15, 0.2) is 11.6 Å². The van der Waals surface area contributed by atoms with Gasteiger partial charge in [0, 0.05) is 7.11 Å². The molecule has 0 aromatic carbocycles. The molecule has 0 radical (unpaired) electrons. The lowest BCUT2D eigenvalue weighted by molar-refractivity contribution is 0.0439. The van der Waals surface area contributed by atoms with Crippen LogP contribution in [0.25, 0.3) is 0 Å². The Kier molecular flexibility index (Phi) is 6.83. The highest BCUT2D eigenvalue weighted by Crippen LogP contribution is 2.24. The molecule has 2 nitrogen and oxygen atoms in total. The van der Waals surface area contributed by atoms with Gasteiger partial charge >= 0.3 is 0 Å². The van der Waals surface area contributed by atoms with Crippen molar-refractivity contribution in [1.82, 2.24) is 5.32 Å². The summed E-state index contributed by atoms with van der Waals surface area (Å²) >= 11 is 0. The first-order chi connectivity index (χ1) is 8.20. The van der Waals surface area contributed by atoms with E-state index in [-0.39, 0.29) is 6.10 Å². The number of allylic oxidation sites excluding steroid dienone is 1. The van der Waals surface area contributed by atoms with Crippen LogP contribution in [0.4, 0.5) is 0 Å². The first-order valence-corrected chi connectivity index (χ1v) is 7.09. The molecule has 2 heteroatoms. The number of likely N-dealkylation sites (N-methyl/N-ethyl adjacent to an activating group) is 1. The highest BCUT2D eigenvalue weighted by Gasteiger charge is 2.26. The van der Waals surface area contributed by atoms with Crippen LogP contribution >= 0.6 is 0 Å². The van der Waals surface area contributed by atoms with Crippen molar-refractivity contribution >= 4 is 0 Å². The predicted molar refractivity (Wildman–Crippen MR) is 74.3 cm³/mol. The smallest absolute Gasteiger partial charge is 0.0785 e. The van der Waals surface area contributed by atoms with Crippen molar-refractivity contribution in [1.29, 1.82) is 0 Å². The van der Waals surface area contributed by atoms with Crippen LogP contribution < -0.4 is 5.32 Å². The van der Waals surface area contributed by atoms with Gasteiger partial charge in [-0.2, -0.15) is 0 Å². The van der Waals surface area contributed by atoms with E-state index in [1.807, 2.05) is 7.11 Å². The van der Waals surface area contributed by atoms with Gasteiger partial charge in [0.15, 0.2) is 0 Å². The summed E-state index contributed by atoms with van der Waals surface area (Å²) < 4.78 is 5.69. The molecule has 1 rings (SSSR count). The Hall–Kier alpha value is -0.340. The maximum absolute atomic E-state index is 5.69. The van der Waals surface area contributed by atoms with Crippen LogP contribution in [0.2, 0.25) is 0 Å². The zero-order chi connectivity index (χ0) is 12.7. The van der Waals surface area contributed by atoms with Gasteiger partial charge in [-0.25, -0.2) is 0 Å².